The number of sulfonamides is 1. The van der Waals surface area contributed by atoms with E-state index in [1.54, 1.807) is 24.1 Å². The molecule has 2 aromatic rings. The molecular formula is C26H33F3N4O6S. The van der Waals surface area contributed by atoms with Crippen LogP contribution in [0.3, 0.4) is 0 Å². The number of carbonyl (C=O) groups excluding carboxylic acids is 1. The first-order chi connectivity index (χ1) is 18.8. The molecule has 40 heavy (non-hydrogen) atoms. The number of carboxylic acid groups (broad SMARTS) is 1. The van der Waals surface area contributed by atoms with Crippen LogP contribution in [0.15, 0.2) is 58.4 Å². The number of nitrogens with one attached hydrogen (secondary N) is 1. The minimum Gasteiger partial charge on any atom is -0.497 e. The van der Waals surface area contributed by atoms with Gasteiger partial charge in [0.05, 0.1) is 18.6 Å². The van der Waals surface area contributed by atoms with Gasteiger partial charge in [0.2, 0.25) is 15.9 Å². The number of benzene rings is 2. The van der Waals surface area contributed by atoms with Crippen LogP contribution in [0.4, 0.5) is 13.2 Å². The SMILES string of the molecule is COc1ccc(S(=O)(=O)N(C)CCCC(=O)N(C)CCc2ccc(C3=NCCN3)cc2)cc1.O=C(O)C(F)(F)F. The molecule has 1 heterocycles. The molecule has 2 aromatic carbocycles. The fourth-order valence-electron chi connectivity index (χ4n) is 3.53. The van der Waals surface area contributed by atoms with Gasteiger partial charge in [-0.3, -0.25) is 9.79 Å². The van der Waals surface area contributed by atoms with Gasteiger partial charge in [0.25, 0.3) is 0 Å². The fraction of sp³-hybridized carbons (Fsp3) is 0.423. The third kappa shape index (κ3) is 9.83. The van der Waals surface area contributed by atoms with Crippen molar-refractivity contribution in [3.05, 3.63) is 59.7 Å². The number of amidine groups is 1. The first-order valence-corrected chi connectivity index (χ1v) is 13.7. The fourth-order valence-corrected chi connectivity index (χ4v) is 4.74. The molecule has 0 atom stereocenters. The number of aliphatic carboxylic acids is 1. The molecule has 0 fully saturated rings. The van der Waals surface area contributed by atoms with Crippen LogP contribution in [0.5, 0.6) is 5.75 Å². The van der Waals surface area contributed by atoms with E-state index < -0.39 is 22.2 Å². The molecule has 0 aromatic heterocycles. The third-order valence-electron chi connectivity index (χ3n) is 5.94. The third-order valence-corrected chi connectivity index (χ3v) is 7.81. The topological polar surface area (TPSA) is 129 Å². The Morgan fingerprint density at radius 2 is 1.65 bits per heavy atom. The largest absolute Gasteiger partial charge is 0.497 e. The van der Waals surface area contributed by atoms with Gasteiger partial charge in [0, 0.05) is 45.7 Å². The molecule has 14 heteroatoms. The Balaban J connectivity index is 0.000000708. The van der Waals surface area contributed by atoms with Crippen molar-refractivity contribution in [1.29, 1.82) is 0 Å². The van der Waals surface area contributed by atoms with Gasteiger partial charge >= 0.3 is 12.1 Å². The van der Waals surface area contributed by atoms with E-state index in [-0.39, 0.29) is 17.3 Å². The predicted molar refractivity (Wildman–Crippen MR) is 143 cm³/mol. The second kappa shape index (κ2) is 14.7. The molecule has 0 spiro atoms. The quantitative estimate of drug-likeness (QED) is 0.414. The molecule has 1 aliphatic heterocycles. The highest BCUT2D eigenvalue weighted by Crippen LogP contribution is 2.19. The number of nitrogens with zero attached hydrogens (tertiary/aromatic N) is 3. The summed E-state index contributed by atoms with van der Waals surface area (Å²) in [5.41, 5.74) is 2.23. The minimum absolute atomic E-state index is 0.00590. The molecule has 3 rings (SSSR count). The number of halogens is 3. The van der Waals surface area contributed by atoms with E-state index in [1.165, 1.54) is 30.6 Å². The van der Waals surface area contributed by atoms with Crippen LogP contribution in [-0.2, 0) is 26.0 Å². The van der Waals surface area contributed by atoms with Crippen molar-refractivity contribution < 1.29 is 41.0 Å². The first kappa shape index (κ1) is 32.6. The van der Waals surface area contributed by atoms with Crippen LogP contribution in [0.1, 0.15) is 24.0 Å². The van der Waals surface area contributed by atoms with E-state index >= 15 is 0 Å². The lowest BCUT2D eigenvalue weighted by Gasteiger charge is -2.20. The van der Waals surface area contributed by atoms with Crippen LogP contribution in [-0.4, -0.2) is 94.0 Å². The Kier molecular flexibility index (Phi) is 11.9. The Morgan fingerprint density at radius 3 is 2.15 bits per heavy atom. The Bertz CT molecular complexity index is 1270. The smallest absolute Gasteiger partial charge is 0.490 e. The van der Waals surface area contributed by atoms with E-state index in [4.69, 9.17) is 14.6 Å². The number of amides is 1. The first-order valence-electron chi connectivity index (χ1n) is 12.3. The molecule has 0 saturated carbocycles. The van der Waals surface area contributed by atoms with E-state index in [0.717, 1.165) is 36.5 Å². The monoisotopic (exact) mass is 586 g/mol. The summed E-state index contributed by atoms with van der Waals surface area (Å²) in [6, 6.07) is 14.5. The molecule has 10 nitrogen and oxygen atoms in total. The lowest BCUT2D eigenvalue weighted by molar-refractivity contribution is -0.192. The number of carbonyl (C=O) groups is 2. The van der Waals surface area contributed by atoms with Gasteiger partial charge in [-0.15, -0.1) is 0 Å². The predicted octanol–water partition coefficient (Wildman–Crippen LogP) is 2.78. The zero-order valence-electron chi connectivity index (χ0n) is 22.4. The van der Waals surface area contributed by atoms with E-state index in [1.807, 2.05) is 12.1 Å². The average molecular weight is 587 g/mol. The Hall–Kier alpha value is -3.65. The van der Waals surface area contributed by atoms with Crippen LogP contribution >= 0.6 is 0 Å². The number of hydrogen-bond donors (Lipinski definition) is 2. The highest BCUT2D eigenvalue weighted by atomic mass is 32.2. The number of hydrogen-bond acceptors (Lipinski definition) is 7. The zero-order valence-corrected chi connectivity index (χ0v) is 23.3. The molecule has 0 unspecified atom stereocenters. The summed E-state index contributed by atoms with van der Waals surface area (Å²) >= 11 is 0. The van der Waals surface area contributed by atoms with Gasteiger partial charge in [-0.25, -0.2) is 17.5 Å². The maximum absolute atomic E-state index is 12.7. The number of rotatable bonds is 11. The molecule has 220 valence electrons. The molecule has 1 amide bonds. The summed E-state index contributed by atoms with van der Waals surface area (Å²) in [4.78, 5) is 27.7. The molecular weight excluding hydrogens is 553 g/mol. The number of ether oxygens (including phenoxy) is 1. The number of alkyl halides is 3. The van der Waals surface area contributed by atoms with Crippen molar-refractivity contribution in [2.45, 2.75) is 30.3 Å². The molecule has 0 radical (unpaired) electrons. The highest BCUT2D eigenvalue weighted by molar-refractivity contribution is 7.89. The average Bonchev–Trinajstić information content (AvgIpc) is 3.47. The molecule has 0 saturated heterocycles. The van der Waals surface area contributed by atoms with Crippen molar-refractivity contribution in [2.75, 3.05) is 47.4 Å². The van der Waals surface area contributed by atoms with Crippen molar-refractivity contribution in [3.8, 4) is 5.75 Å². The Morgan fingerprint density at radius 1 is 1.05 bits per heavy atom. The molecule has 0 bridgehead atoms. The van der Waals surface area contributed by atoms with Gasteiger partial charge in [-0.1, -0.05) is 24.3 Å². The van der Waals surface area contributed by atoms with Crippen LogP contribution in [0, 0.1) is 0 Å². The van der Waals surface area contributed by atoms with E-state index in [2.05, 4.69) is 22.4 Å². The van der Waals surface area contributed by atoms with Crippen molar-refractivity contribution in [2.24, 2.45) is 4.99 Å². The maximum atomic E-state index is 12.7. The normalized spacial score (nSPS) is 13.1. The van der Waals surface area contributed by atoms with Crippen molar-refractivity contribution in [3.63, 3.8) is 0 Å². The molecule has 1 aliphatic rings. The van der Waals surface area contributed by atoms with Gasteiger partial charge in [0.1, 0.15) is 11.6 Å². The maximum Gasteiger partial charge on any atom is 0.490 e. The van der Waals surface area contributed by atoms with Crippen molar-refractivity contribution in [1.82, 2.24) is 14.5 Å². The number of aliphatic imine (C=N–C) groups is 1. The zero-order chi connectivity index (χ0) is 29.9. The van der Waals surface area contributed by atoms with Gasteiger partial charge in [0.15, 0.2) is 0 Å². The number of carboxylic acids is 1. The Labute approximate surface area is 231 Å². The summed E-state index contributed by atoms with van der Waals surface area (Å²) in [6.07, 6.45) is -3.57. The second-order valence-electron chi connectivity index (χ2n) is 8.83. The van der Waals surface area contributed by atoms with E-state index in [9.17, 15) is 26.4 Å². The van der Waals surface area contributed by atoms with Crippen molar-refractivity contribution >= 4 is 27.7 Å². The number of methoxy groups -OCH3 is 1. The molecule has 2 N–H and O–H groups in total. The summed E-state index contributed by atoms with van der Waals surface area (Å²) in [5, 5.41) is 10.4. The van der Waals surface area contributed by atoms with Crippen LogP contribution in [0.25, 0.3) is 0 Å². The standard InChI is InChI=1S/C24H32N4O4S.C2HF3O2/c1-27(18-14-19-6-8-20(9-7-19)24-25-15-16-26-24)23(29)5-4-17-28(2)33(30,31)22-12-10-21(32-3)11-13-22;3-2(4,5)1(6)7/h6-13H,4-5,14-18H2,1-3H3,(H,25,26);(H,6,7). The summed E-state index contributed by atoms with van der Waals surface area (Å²) in [5.74, 6) is -1.21. The second-order valence-corrected chi connectivity index (χ2v) is 10.9. The number of likely N-dealkylation sites (N-methyl/N-ethyl adjacent to an activating group) is 1. The lowest BCUT2D eigenvalue weighted by Crippen LogP contribution is -2.31. The molecule has 0 aliphatic carbocycles. The highest BCUT2D eigenvalue weighted by Gasteiger charge is 2.38. The van der Waals surface area contributed by atoms with Gasteiger partial charge in [-0.2, -0.15) is 13.2 Å². The van der Waals surface area contributed by atoms with E-state index in [0.29, 0.717) is 25.1 Å². The van der Waals surface area contributed by atoms with Gasteiger partial charge < -0.3 is 20.1 Å². The van der Waals surface area contributed by atoms with Crippen LogP contribution < -0.4 is 10.1 Å². The summed E-state index contributed by atoms with van der Waals surface area (Å²) in [6.45, 7) is 2.57. The summed E-state index contributed by atoms with van der Waals surface area (Å²) in [7, 11) is 1.25. The van der Waals surface area contributed by atoms with Gasteiger partial charge in [-0.05, 0) is 42.7 Å². The minimum atomic E-state index is -5.08. The summed E-state index contributed by atoms with van der Waals surface area (Å²) < 4.78 is 63.5. The lowest BCUT2D eigenvalue weighted by atomic mass is 10.1. The van der Waals surface area contributed by atoms with Crippen LogP contribution in [0.2, 0.25) is 0 Å².